The third-order valence-electron chi connectivity index (χ3n) is 5.93. The molecule has 2 aromatic rings. The Balaban J connectivity index is 1.78. The van der Waals surface area contributed by atoms with Crippen molar-refractivity contribution >= 4 is 22.0 Å². The molecule has 1 aliphatic heterocycles. The molecule has 0 saturated carbocycles. The standard InChI is InChI=1S/C24H26N2O5S/c1-3-31-23(27)22-20-10-7-11-21(20)26(32(29,30)19-14-12-17(2)13-15-19)24(28)25(22)16-18-8-5-4-6-9-18/h4-9,11-15,20-22H,3,10,16H2,1-2H3/t20-,21+,22+/m1/s1. The predicted molar refractivity (Wildman–Crippen MR) is 119 cm³/mol. The van der Waals surface area contributed by atoms with Gasteiger partial charge in [0.1, 0.15) is 6.04 Å². The molecule has 1 aliphatic carbocycles. The zero-order valence-corrected chi connectivity index (χ0v) is 18.9. The number of hydrogen-bond donors (Lipinski definition) is 0. The summed E-state index contributed by atoms with van der Waals surface area (Å²) in [6.45, 7) is 3.86. The minimum absolute atomic E-state index is 0.0461. The van der Waals surface area contributed by atoms with E-state index in [1.54, 1.807) is 25.1 Å². The number of carbonyl (C=O) groups excluding carboxylic acids is 2. The number of fused-ring (bicyclic) bond motifs is 1. The number of aryl methyl sites for hydroxylation is 1. The number of ether oxygens (including phenoxy) is 1. The molecule has 2 aromatic carbocycles. The number of nitrogens with zero attached hydrogens (tertiary/aromatic N) is 2. The summed E-state index contributed by atoms with van der Waals surface area (Å²) >= 11 is 0. The predicted octanol–water partition coefficient (Wildman–Crippen LogP) is 3.50. The van der Waals surface area contributed by atoms with Crippen molar-refractivity contribution in [3.8, 4) is 0 Å². The molecular weight excluding hydrogens is 428 g/mol. The number of allylic oxidation sites excluding steroid dienone is 1. The molecule has 1 fully saturated rings. The minimum Gasteiger partial charge on any atom is -0.464 e. The third kappa shape index (κ3) is 3.90. The van der Waals surface area contributed by atoms with Gasteiger partial charge in [-0.15, -0.1) is 0 Å². The summed E-state index contributed by atoms with van der Waals surface area (Å²) < 4.78 is 33.4. The molecule has 3 atom stereocenters. The Hall–Kier alpha value is -3.13. The molecular formula is C24H26N2O5S. The smallest absolute Gasteiger partial charge is 0.335 e. The van der Waals surface area contributed by atoms with Gasteiger partial charge in [-0.3, -0.25) is 0 Å². The van der Waals surface area contributed by atoms with E-state index in [1.165, 1.54) is 17.0 Å². The van der Waals surface area contributed by atoms with Crippen LogP contribution in [0.15, 0.2) is 71.6 Å². The van der Waals surface area contributed by atoms with Crippen molar-refractivity contribution in [2.24, 2.45) is 5.92 Å². The number of carbonyl (C=O) groups is 2. The van der Waals surface area contributed by atoms with Crippen LogP contribution in [0.4, 0.5) is 4.79 Å². The third-order valence-corrected chi connectivity index (χ3v) is 7.71. The zero-order valence-electron chi connectivity index (χ0n) is 18.0. The quantitative estimate of drug-likeness (QED) is 0.493. The molecule has 2 aliphatic rings. The normalized spacial score (nSPS) is 22.7. The first-order valence-electron chi connectivity index (χ1n) is 10.6. The number of amides is 2. The fraction of sp³-hybridized carbons (Fsp3) is 0.333. The van der Waals surface area contributed by atoms with E-state index in [9.17, 15) is 18.0 Å². The molecule has 32 heavy (non-hydrogen) atoms. The van der Waals surface area contributed by atoms with Gasteiger partial charge in [-0.1, -0.05) is 60.2 Å². The molecule has 7 nitrogen and oxygen atoms in total. The van der Waals surface area contributed by atoms with E-state index in [0.717, 1.165) is 15.4 Å². The Bertz CT molecular complexity index is 1130. The van der Waals surface area contributed by atoms with Gasteiger partial charge in [-0.25, -0.2) is 22.3 Å². The van der Waals surface area contributed by atoms with Crippen molar-refractivity contribution in [1.29, 1.82) is 0 Å². The van der Waals surface area contributed by atoms with Crippen LogP contribution in [0.1, 0.15) is 24.5 Å². The van der Waals surface area contributed by atoms with Crippen LogP contribution in [0.25, 0.3) is 0 Å². The van der Waals surface area contributed by atoms with Crippen LogP contribution in [-0.2, 0) is 26.1 Å². The maximum atomic E-state index is 13.7. The lowest BCUT2D eigenvalue weighted by Gasteiger charge is -2.46. The van der Waals surface area contributed by atoms with Crippen LogP contribution in [0.2, 0.25) is 0 Å². The van der Waals surface area contributed by atoms with E-state index in [1.807, 2.05) is 43.3 Å². The lowest BCUT2D eigenvalue weighted by Crippen LogP contribution is -2.65. The molecule has 0 bridgehead atoms. The minimum atomic E-state index is -4.13. The van der Waals surface area contributed by atoms with Crippen LogP contribution in [0, 0.1) is 12.8 Å². The summed E-state index contributed by atoms with van der Waals surface area (Å²) in [5.74, 6) is -0.932. The summed E-state index contributed by atoms with van der Waals surface area (Å²) in [7, 11) is -4.13. The number of rotatable bonds is 6. The highest BCUT2D eigenvalue weighted by atomic mass is 32.2. The molecule has 0 radical (unpaired) electrons. The second-order valence-electron chi connectivity index (χ2n) is 8.03. The van der Waals surface area contributed by atoms with Gasteiger partial charge >= 0.3 is 12.0 Å². The highest BCUT2D eigenvalue weighted by Gasteiger charge is 2.54. The van der Waals surface area contributed by atoms with Crippen molar-refractivity contribution in [3.63, 3.8) is 0 Å². The van der Waals surface area contributed by atoms with Crippen molar-refractivity contribution in [1.82, 2.24) is 9.21 Å². The van der Waals surface area contributed by atoms with Gasteiger partial charge in [0.2, 0.25) is 0 Å². The summed E-state index contributed by atoms with van der Waals surface area (Å²) in [5.41, 5.74) is 1.72. The topological polar surface area (TPSA) is 84.0 Å². The monoisotopic (exact) mass is 454 g/mol. The number of esters is 1. The number of sulfonamides is 1. The second kappa shape index (κ2) is 8.78. The lowest BCUT2D eigenvalue weighted by atomic mass is 9.89. The van der Waals surface area contributed by atoms with Gasteiger partial charge in [0.05, 0.1) is 17.5 Å². The Labute approximate surface area is 188 Å². The highest BCUT2D eigenvalue weighted by Crippen LogP contribution is 2.39. The first-order valence-corrected chi connectivity index (χ1v) is 12.1. The Morgan fingerprint density at radius 2 is 1.78 bits per heavy atom. The van der Waals surface area contributed by atoms with Gasteiger partial charge in [0, 0.05) is 12.5 Å². The average Bonchev–Trinajstić information content (AvgIpc) is 3.23. The fourth-order valence-electron chi connectivity index (χ4n) is 4.39. The fourth-order valence-corrected chi connectivity index (χ4v) is 5.96. The van der Waals surface area contributed by atoms with Crippen LogP contribution in [0.5, 0.6) is 0 Å². The number of benzene rings is 2. The largest absolute Gasteiger partial charge is 0.464 e. The summed E-state index contributed by atoms with van der Waals surface area (Å²) in [4.78, 5) is 28.0. The Morgan fingerprint density at radius 1 is 1.09 bits per heavy atom. The lowest BCUT2D eigenvalue weighted by molar-refractivity contribution is -0.152. The molecule has 2 amide bonds. The molecule has 0 spiro atoms. The van der Waals surface area contributed by atoms with Crippen LogP contribution in [-0.4, -0.2) is 48.3 Å². The van der Waals surface area contributed by atoms with E-state index >= 15 is 0 Å². The zero-order chi connectivity index (χ0) is 22.9. The van der Waals surface area contributed by atoms with Gasteiger partial charge < -0.3 is 9.64 Å². The van der Waals surface area contributed by atoms with Gasteiger partial charge in [-0.05, 0) is 38.0 Å². The summed E-state index contributed by atoms with van der Waals surface area (Å²) in [6, 6.07) is 13.3. The van der Waals surface area contributed by atoms with Crippen molar-refractivity contribution in [2.45, 2.75) is 43.8 Å². The van der Waals surface area contributed by atoms with E-state index < -0.39 is 40.0 Å². The van der Waals surface area contributed by atoms with Crippen molar-refractivity contribution in [3.05, 3.63) is 77.9 Å². The molecule has 0 aromatic heterocycles. The van der Waals surface area contributed by atoms with Gasteiger partial charge in [-0.2, -0.15) is 0 Å². The Morgan fingerprint density at radius 3 is 2.44 bits per heavy atom. The average molecular weight is 455 g/mol. The SMILES string of the molecule is CCOC(=O)[C@@H]1[C@@H]2CC=C[C@@H]2N(S(=O)(=O)c2ccc(C)cc2)C(=O)N1Cc1ccccc1. The van der Waals surface area contributed by atoms with E-state index in [2.05, 4.69) is 0 Å². The highest BCUT2D eigenvalue weighted by molar-refractivity contribution is 7.89. The molecule has 168 valence electrons. The van der Waals surface area contributed by atoms with Gasteiger partial charge in [0.15, 0.2) is 0 Å². The summed E-state index contributed by atoms with van der Waals surface area (Å²) in [5, 5.41) is 0. The molecule has 4 rings (SSSR count). The molecule has 1 heterocycles. The maximum Gasteiger partial charge on any atom is 0.335 e. The summed E-state index contributed by atoms with van der Waals surface area (Å²) in [6.07, 6.45) is 4.02. The van der Waals surface area contributed by atoms with E-state index in [-0.39, 0.29) is 18.0 Å². The first-order chi connectivity index (χ1) is 15.3. The van der Waals surface area contributed by atoms with Gasteiger partial charge in [0.25, 0.3) is 10.0 Å². The van der Waals surface area contributed by atoms with Crippen molar-refractivity contribution < 1.29 is 22.7 Å². The molecule has 8 heteroatoms. The number of urea groups is 1. The van der Waals surface area contributed by atoms with E-state index in [4.69, 9.17) is 4.74 Å². The molecule has 1 saturated heterocycles. The van der Waals surface area contributed by atoms with Crippen molar-refractivity contribution in [2.75, 3.05) is 6.61 Å². The second-order valence-corrected chi connectivity index (χ2v) is 9.84. The Kier molecular flexibility index (Phi) is 6.06. The first kappa shape index (κ1) is 22.1. The van der Waals surface area contributed by atoms with Crippen LogP contribution < -0.4 is 0 Å². The maximum absolute atomic E-state index is 13.7. The van der Waals surface area contributed by atoms with Crippen LogP contribution in [0.3, 0.4) is 0 Å². The molecule has 0 unspecified atom stereocenters. The number of hydrogen-bond acceptors (Lipinski definition) is 5. The van der Waals surface area contributed by atoms with Crippen LogP contribution >= 0.6 is 0 Å². The van der Waals surface area contributed by atoms with E-state index in [0.29, 0.717) is 6.42 Å². The molecule has 0 N–H and O–H groups in total.